The van der Waals surface area contributed by atoms with Crippen molar-refractivity contribution in [3.63, 3.8) is 0 Å². The van der Waals surface area contributed by atoms with Gasteiger partial charge in [-0.15, -0.1) is 0 Å². The van der Waals surface area contributed by atoms with E-state index in [0.29, 0.717) is 18.5 Å². The van der Waals surface area contributed by atoms with Crippen LogP contribution in [0.3, 0.4) is 0 Å². The minimum atomic E-state index is -1.81. The number of carboxylic acid groups (broad SMARTS) is 2. The predicted octanol–water partition coefficient (Wildman–Crippen LogP) is -4.10. The number of aliphatic hydroxyl groups is 1. The second-order valence-electron chi connectivity index (χ2n) is 15.4. The first-order valence-electron chi connectivity index (χ1n) is 20.4. The molecule has 0 radical (unpaired) electrons. The van der Waals surface area contributed by atoms with Crippen LogP contribution in [0.15, 0.2) is 29.3 Å². The van der Waals surface area contributed by atoms with Gasteiger partial charge >= 0.3 is 11.9 Å². The summed E-state index contributed by atoms with van der Waals surface area (Å²) in [5.41, 5.74) is 16.3. The van der Waals surface area contributed by atoms with Crippen molar-refractivity contribution >= 4 is 59.2 Å². The molecule has 2 rings (SSSR count). The third kappa shape index (κ3) is 18.9. The number of primary amides is 1. The molecule has 0 unspecified atom stereocenters. The monoisotopic (exact) mass is 891 g/mol. The summed E-state index contributed by atoms with van der Waals surface area (Å²) in [4.78, 5) is 121. The lowest BCUT2D eigenvalue weighted by atomic mass is 10.0. The summed E-state index contributed by atoms with van der Waals surface area (Å²) in [6, 6.07) is -4.32. The summed E-state index contributed by atoms with van der Waals surface area (Å²) in [7, 11) is 0. The minimum Gasteiger partial charge on any atom is -0.508 e. The summed E-state index contributed by atoms with van der Waals surface area (Å²) in [5.74, 6) is -10.0. The number of aliphatic hydroxyl groups excluding tert-OH is 1. The van der Waals surface area contributed by atoms with Crippen molar-refractivity contribution in [1.82, 2.24) is 37.2 Å². The molecule has 1 saturated heterocycles. The van der Waals surface area contributed by atoms with Gasteiger partial charge in [-0.2, -0.15) is 0 Å². The van der Waals surface area contributed by atoms with Gasteiger partial charge < -0.3 is 74.8 Å². The van der Waals surface area contributed by atoms with Crippen LogP contribution in [-0.4, -0.2) is 141 Å². The number of phenolic OH excluding ortho intramolecular Hbond substituents is 1. The molecule has 1 aliphatic rings. The lowest BCUT2D eigenvalue weighted by Gasteiger charge is -2.28. The van der Waals surface area contributed by atoms with Gasteiger partial charge in [0, 0.05) is 25.8 Å². The fourth-order valence-corrected chi connectivity index (χ4v) is 6.35. The van der Waals surface area contributed by atoms with Gasteiger partial charge in [-0.25, -0.2) is 4.79 Å². The quantitative estimate of drug-likeness (QED) is 0.0227. The Morgan fingerprint density at radius 1 is 0.714 bits per heavy atom. The van der Waals surface area contributed by atoms with Crippen molar-refractivity contribution in [1.29, 1.82) is 0 Å². The molecule has 1 aliphatic heterocycles. The molecular weight excluding hydrogens is 830 g/mol. The Bertz CT molecular complexity index is 1800. The third-order valence-corrected chi connectivity index (χ3v) is 9.85. The number of guanidine groups is 1. The molecule has 1 heterocycles. The average Bonchev–Trinajstić information content (AvgIpc) is 3.75. The van der Waals surface area contributed by atoms with Crippen molar-refractivity contribution in [3.8, 4) is 5.75 Å². The first kappa shape index (κ1) is 52.6. The van der Waals surface area contributed by atoms with Crippen molar-refractivity contribution in [3.05, 3.63) is 29.8 Å². The Labute approximate surface area is 363 Å². The van der Waals surface area contributed by atoms with Gasteiger partial charge in [-0.1, -0.05) is 26.0 Å². The average molecular weight is 892 g/mol. The maximum atomic E-state index is 14.1. The molecule has 1 aromatic rings. The topological polar surface area (TPSA) is 409 Å². The number of carbonyl (C=O) groups is 9. The summed E-state index contributed by atoms with van der Waals surface area (Å²) in [5, 5.41) is 57.0. The molecule has 0 spiro atoms. The Kier molecular flexibility index (Phi) is 21.7. The van der Waals surface area contributed by atoms with Gasteiger partial charge in [-0.05, 0) is 75.6 Å². The molecule has 24 heteroatoms. The Morgan fingerprint density at radius 3 is 1.78 bits per heavy atom. The fraction of sp³-hybridized carbons (Fsp3) is 0.590. The molecule has 0 saturated carbocycles. The standard InChI is InChI=1S/C39H61N11O13/c1-19(2)30(49-32(56)23-6-4-16-43-23)36(60)46-24(12-14-28(40)53)33(57)48-27(18-21-8-10-22(52)11-9-21)35(59)45-25(13-15-29(54)55)34(58)50-31(20(3)51)37(61)47-26(38(62)63)7-5-17-44-39(41)42/h8-11,19-20,23-27,30-31,43,51-52H,4-7,12-18H2,1-3H3,(H2,40,53)(H,45,59)(H,46,60)(H,47,61)(H,48,57)(H,49,56)(H,50,58)(H,54,55)(H,62,63)(H4,41,42,44)/t20-,23+,24+,25+,26+,27+,30+,31+/m1/s1. The minimum absolute atomic E-state index is 0.0387. The summed E-state index contributed by atoms with van der Waals surface area (Å²) in [6.45, 7) is 5.11. The second kappa shape index (κ2) is 26.0. The first-order chi connectivity index (χ1) is 29.6. The first-order valence-corrected chi connectivity index (χ1v) is 20.4. The highest BCUT2D eigenvalue weighted by Crippen LogP contribution is 2.14. The van der Waals surface area contributed by atoms with Crippen LogP contribution in [0.5, 0.6) is 5.75 Å². The number of nitrogens with one attached hydrogen (secondary N) is 7. The SMILES string of the molecule is CC(C)[C@H](NC(=O)[C@@H]1CCCN1)C(=O)N[C@@H](CCC(N)=O)C(=O)N[C@@H](Cc1ccc(O)cc1)C(=O)N[C@@H](CCC(=O)O)C(=O)N[C@H](C(=O)N[C@@H](CCCN=C(N)N)C(=O)O)[C@@H](C)O. The van der Waals surface area contributed by atoms with E-state index in [4.69, 9.17) is 17.2 Å². The number of hydrogen-bond acceptors (Lipinski definition) is 13. The maximum Gasteiger partial charge on any atom is 0.326 e. The molecule has 8 atom stereocenters. The number of rotatable bonds is 27. The van der Waals surface area contributed by atoms with E-state index in [1.807, 2.05) is 0 Å². The van der Waals surface area contributed by atoms with E-state index in [0.717, 1.165) is 13.3 Å². The number of benzene rings is 1. The van der Waals surface area contributed by atoms with Gasteiger partial charge in [0.2, 0.25) is 41.4 Å². The third-order valence-electron chi connectivity index (χ3n) is 9.85. The normalized spacial score (nSPS) is 16.7. The number of hydrogen-bond donors (Lipinski definition) is 14. The molecule has 1 aromatic carbocycles. The Morgan fingerprint density at radius 2 is 1.25 bits per heavy atom. The van der Waals surface area contributed by atoms with Crippen LogP contribution in [0.2, 0.25) is 0 Å². The zero-order valence-corrected chi connectivity index (χ0v) is 35.4. The van der Waals surface area contributed by atoms with Crippen molar-refractivity contribution < 1.29 is 63.6 Å². The molecule has 1 fully saturated rings. The molecule has 0 bridgehead atoms. The van der Waals surface area contributed by atoms with Crippen LogP contribution >= 0.6 is 0 Å². The zero-order valence-electron chi connectivity index (χ0n) is 35.4. The van der Waals surface area contributed by atoms with Crippen molar-refractivity contribution in [2.75, 3.05) is 13.1 Å². The molecule has 17 N–H and O–H groups in total. The lowest BCUT2D eigenvalue weighted by Crippen LogP contribution is -2.61. The summed E-state index contributed by atoms with van der Waals surface area (Å²) in [6.07, 6.45) is -2.65. The number of nitrogens with zero attached hydrogens (tertiary/aromatic N) is 1. The van der Waals surface area contributed by atoms with Crippen molar-refractivity contribution in [2.24, 2.45) is 28.1 Å². The summed E-state index contributed by atoms with van der Waals surface area (Å²) < 4.78 is 0. The van der Waals surface area contributed by atoms with Crippen LogP contribution in [-0.2, 0) is 49.6 Å². The van der Waals surface area contributed by atoms with E-state index in [-0.39, 0.29) is 43.9 Å². The smallest absolute Gasteiger partial charge is 0.326 e. The van der Waals surface area contributed by atoms with Crippen LogP contribution in [0.1, 0.15) is 77.7 Å². The van der Waals surface area contributed by atoms with E-state index in [9.17, 15) is 63.6 Å². The van der Waals surface area contributed by atoms with Gasteiger partial charge in [0.15, 0.2) is 5.96 Å². The van der Waals surface area contributed by atoms with Crippen molar-refractivity contribution in [2.45, 2.75) is 127 Å². The highest BCUT2D eigenvalue weighted by Gasteiger charge is 2.36. The Balaban J connectivity index is 2.41. The number of aliphatic imine (C=N–C) groups is 1. The number of amides is 7. The molecular formula is C39H61N11O13. The molecule has 24 nitrogen and oxygen atoms in total. The van der Waals surface area contributed by atoms with E-state index in [1.165, 1.54) is 24.3 Å². The molecule has 350 valence electrons. The number of carboxylic acids is 2. The highest BCUT2D eigenvalue weighted by atomic mass is 16.4. The van der Waals surface area contributed by atoms with E-state index in [2.05, 4.69) is 42.2 Å². The molecule has 7 amide bonds. The summed E-state index contributed by atoms with van der Waals surface area (Å²) >= 11 is 0. The number of carbonyl (C=O) groups excluding carboxylic acids is 7. The number of phenols is 1. The molecule has 0 aliphatic carbocycles. The van der Waals surface area contributed by atoms with Gasteiger partial charge in [0.05, 0.1) is 12.1 Å². The molecule has 63 heavy (non-hydrogen) atoms. The number of aromatic hydroxyl groups is 1. The van der Waals surface area contributed by atoms with Crippen LogP contribution in [0, 0.1) is 5.92 Å². The predicted molar refractivity (Wildman–Crippen MR) is 224 cm³/mol. The van der Waals surface area contributed by atoms with Gasteiger partial charge in [0.1, 0.15) is 42.0 Å². The van der Waals surface area contributed by atoms with Gasteiger partial charge in [0.25, 0.3) is 0 Å². The lowest BCUT2D eigenvalue weighted by molar-refractivity contribution is -0.143. The maximum absolute atomic E-state index is 14.1. The van der Waals surface area contributed by atoms with Crippen LogP contribution in [0.4, 0.5) is 0 Å². The van der Waals surface area contributed by atoms with E-state index < -0.39 is 127 Å². The number of nitrogens with two attached hydrogens (primary N) is 3. The largest absolute Gasteiger partial charge is 0.508 e. The van der Waals surface area contributed by atoms with E-state index >= 15 is 0 Å². The molecule has 0 aromatic heterocycles. The number of aliphatic carboxylic acids is 2. The Hall–Kier alpha value is -6.56. The van der Waals surface area contributed by atoms with Crippen LogP contribution < -0.4 is 54.4 Å². The van der Waals surface area contributed by atoms with Gasteiger partial charge in [-0.3, -0.25) is 43.3 Å². The zero-order chi connectivity index (χ0) is 47.4. The second-order valence-corrected chi connectivity index (χ2v) is 15.4. The van der Waals surface area contributed by atoms with Crippen LogP contribution in [0.25, 0.3) is 0 Å². The fourth-order valence-electron chi connectivity index (χ4n) is 6.35. The highest BCUT2D eigenvalue weighted by molar-refractivity contribution is 5.97. The van der Waals surface area contributed by atoms with E-state index in [1.54, 1.807) is 13.8 Å².